The molecule has 0 aromatic rings. The first-order valence-electron chi connectivity index (χ1n) is 15.1. The summed E-state index contributed by atoms with van der Waals surface area (Å²) in [5.74, 6) is 4.30. The highest BCUT2D eigenvalue weighted by Gasteiger charge is 2.62. The van der Waals surface area contributed by atoms with E-state index in [2.05, 4.69) is 13.8 Å². The zero-order valence-electron chi connectivity index (χ0n) is 23.2. The lowest BCUT2D eigenvalue weighted by Crippen LogP contribution is -2.57. The Morgan fingerprint density at radius 3 is 2.29 bits per heavy atom. The topological polar surface area (TPSA) is 57.6 Å². The van der Waals surface area contributed by atoms with Crippen LogP contribution in [0.25, 0.3) is 0 Å². The van der Waals surface area contributed by atoms with Crippen LogP contribution in [-0.4, -0.2) is 41.9 Å². The van der Waals surface area contributed by atoms with Crippen LogP contribution in [0.4, 0.5) is 0 Å². The molecule has 1 amide bonds. The molecule has 0 bridgehead atoms. The third kappa shape index (κ3) is 5.53. The van der Waals surface area contributed by atoms with Crippen molar-refractivity contribution in [2.45, 2.75) is 129 Å². The van der Waals surface area contributed by atoms with E-state index in [9.17, 15) is 14.7 Å². The first kappa shape index (κ1) is 27.1. The zero-order chi connectivity index (χ0) is 25.2. The van der Waals surface area contributed by atoms with E-state index in [1.807, 2.05) is 14.1 Å². The summed E-state index contributed by atoms with van der Waals surface area (Å²) in [5, 5.41) is 10.9. The van der Waals surface area contributed by atoms with Crippen molar-refractivity contribution in [1.29, 1.82) is 0 Å². The highest BCUT2D eigenvalue weighted by Crippen LogP contribution is 2.67. The van der Waals surface area contributed by atoms with Crippen molar-refractivity contribution in [3.63, 3.8) is 0 Å². The number of rotatable bonds is 10. The van der Waals surface area contributed by atoms with Crippen LogP contribution in [0, 0.1) is 40.4 Å². The molecule has 4 saturated carbocycles. The first-order chi connectivity index (χ1) is 16.7. The van der Waals surface area contributed by atoms with Crippen LogP contribution in [0.3, 0.4) is 0 Å². The van der Waals surface area contributed by atoms with Crippen molar-refractivity contribution in [2.24, 2.45) is 40.4 Å². The van der Waals surface area contributed by atoms with Gasteiger partial charge >= 0.3 is 0 Å². The van der Waals surface area contributed by atoms with Gasteiger partial charge in [0.1, 0.15) is 5.78 Å². The van der Waals surface area contributed by atoms with E-state index in [-0.39, 0.29) is 17.4 Å². The Hall–Kier alpha value is -0.900. The number of unbranched alkanes of at least 4 members (excludes halogenated alkanes) is 6. The van der Waals surface area contributed by atoms with Gasteiger partial charge in [0.05, 0.1) is 6.10 Å². The Bertz CT molecular complexity index is 750. The van der Waals surface area contributed by atoms with Crippen molar-refractivity contribution in [1.82, 2.24) is 4.90 Å². The van der Waals surface area contributed by atoms with E-state index in [1.165, 1.54) is 70.6 Å². The second kappa shape index (κ2) is 11.2. The van der Waals surface area contributed by atoms with Gasteiger partial charge in [-0.3, -0.25) is 9.59 Å². The van der Waals surface area contributed by atoms with Crippen molar-refractivity contribution in [2.75, 3.05) is 14.1 Å². The standard InChI is InChI=1S/C31H53NO3/c1-30-18-16-24(33)21-23(30)20-22(12-10-8-6-5-7-9-11-13-28(35)32(3)4)29-25-14-15-27(34)31(25,2)19-17-26(29)30/h22-23,25-27,29,34H,5-21H2,1-4H3/t22?,23?,25-,26+,27?,29-,30-,31-/m0/s1. The van der Waals surface area contributed by atoms with Crippen LogP contribution < -0.4 is 0 Å². The predicted molar refractivity (Wildman–Crippen MR) is 142 cm³/mol. The van der Waals surface area contributed by atoms with E-state index in [0.29, 0.717) is 29.5 Å². The number of Topliss-reactive ketones (excluding diaryl/α,β-unsaturated/α-hetero) is 1. The van der Waals surface area contributed by atoms with E-state index < -0.39 is 0 Å². The average molecular weight is 488 g/mol. The second-order valence-electron chi connectivity index (χ2n) is 13.7. The highest BCUT2D eigenvalue weighted by molar-refractivity contribution is 5.79. The molecule has 4 heteroatoms. The quantitative estimate of drug-likeness (QED) is 0.345. The molecule has 4 fully saturated rings. The maximum Gasteiger partial charge on any atom is 0.222 e. The first-order valence-corrected chi connectivity index (χ1v) is 15.1. The molecule has 0 aromatic carbocycles. The van der Waals surface area contributed by atoms with Gasteiger partial charge < -0.3 is 10.0 Å². The minimum Gasteiger partial charge on any atom is -0.393 e. The van der Waals surface area contributed by atoms with Crippen LogP contribution in [0.1, 0.15) is 123 Å². The molecule has 0 saturated heterocycles. The number of fused-ring (bicyclic) bond motifs is 5. The number of aliphatic hydroxyl groups is 1. The summed E-state index contributed by atoms with van der Waals surface area (Å²) in [6, 6.07) is 0. The summed E-state index contributed by atoms with van der Waals surface area (Å²) in [6.45, 7) is 4.94. The maximum absolute atomic E-state index is 12.4. The molecule has 1 N–H and O–H groups in total. The van der Waals surface area contributed by atoms with Gasteiger partial charge in [0.25, 0.3) is 0 Å². The van der Waals surface area contributed by atoms with Gasteiger partial charge in [-0.05, 0) is 85.4 Å². The Morgan fingerprint density at radius 2 is 1.57 bits per heavy atom. The third-order valence-electron chi connectivity index (χ3n) is 11.6. The molecule has 3 unspecified atom stereocenters. The molecule has 4 nitrogen and oxygen atoms in total. The summed E-state index contributed by atoms with van der Waals surface area (Å²) in [6.07, 6.45) is 19.2. The number of hydrogen-bond donors (Lipinski definition) is 1. The number of hydrogen-bond acceptors (Lipinski definition) is 3. The smallest absolute Gasteiger partial charge is 0.222 e. The van der Waals surface area contributed by atoms with Gasteiger partial charge in [0.15, 0.2) is 0 Å². The van der Waals surface area contributed by atoms with Crippen molar-refractivity contribution < 1.29 is 14.7 Å². The molecular weight excluding hydrogens is 434 g/mol. The van der Waals surface area contributed by atoms with Gasteiger partial charge in [0.2, 0.25) is 5.91 Å². The number of carbonyl (C=O) groups excluding carboxylic acids is 2. The number of ketones is 1. The van der Waals surface area contributed by atoms with E-state index >= 15 is 0 Å². The Morgan fingerprint density at radius 1 is 0.914 bits per heavy atom. The zero-order valence-corrected chi connectivity index (χ0v) is 23.2. The maximum atomic E-state index is 12.4. The third-order valence-corrected chi connectivity index (χ3v) is 11.6. The molecule has 0 heterocycles. The monoisotopic (exact) mass is 487 g/mol. The van der Waals surface area contributed by atoms with Crippen molar-refractivity contribution >= 4 is 11.7 Å². The largest absolute Gasteiger partial charge is 0.393 e. The van der Waals surface area contributed by atoms with Crippen LogP contribution in [0.2, 0.25) is 0 Å². The second-order valence-corrected chi connectivity index (χ2v) is 13.7. The van der Waals surface area contributed by atoms with Gasteiger partial charge in [-0.15, -0.1) is 0 Å². The lowest BCUT2D eigenvalue weighted by atomic mass is 9.42. The van der Waals surface area contributed by atoms with Gasteiger partial charge in [0, 0.05) is 33.4 Å². The fourth-order valence-electron chi connectivity index (χ4n) is 9.28. The summed E-state index contributed by atoms with van der Waals surface area (Å²) in [5.41, 5.74) is 0.471. The number of amides is 1. The average Bonchev–Trinajstić information content (AvgIpc) is 3.12. The molecule has 4 rings (SSSR count). The van der Waals surface area contributed by atoms with Crippen LogP contribution in [0.5, 0.6) is 0 Å². The normalized spacial score (nSPS) is 40.7. The Kier molecular flexibility index (Phi) is 8.71. The molecule has 0 aromatic heterocycles. The minimum absolute atomic E-state index is 0.111. The Labute approximate surface area is 215 Å². The SMILES string of the molecule is CN(C)C(=O)CCCCCCCCCC1CC2CC(=O)CC[C@]2(C)[C@@H]2CC[C@]3(C)C(O)CC[C@H]3[C@H]12. The summed E-state index contributed by atoms with van der Waals surface area (Å²) in [4.78, 5) is 25.8. The molecule has 4 aliphatic carbocycles. The predicted octanol–water partition coefficient (Wildman–Crippen LogP) is 6.78. The van der Waals surface area contributed by atoms with Crippen LogP contribution in [0.15, 0.2) is 0 Å². The van der Waals surface area contributed by atoms with Crippen molar-refractivity contribution in [3.8, 4) is 0 Å². The Balaban J connectivity index is 1.30. The van der Waals surface area contributed by atoms with Gasteiger partial charge in [-0.1, -0.05) is 58.8 Å². The molecular formula is C31H53NO3. The molecule has 8 atom stereocenters. The van der Waals surface area contributed by atoms with E-state index in [0.717, 1.165) is 49.9 Å². The highest BCUT2D eigenvalue weighted by atomic mass is 16.3. The lowest BCUT2D eigenvalue weighted by molar-refractivity contribution is -0.156. The number of carbonyl (C=O) groups is 2. The van der Waals surface area contributed by atoms with E-state index in [4.69, 9.17) is 0 Å². The van der Waals surface area contributed by atoms with Gasteiger partial charge in [-0.2, -0.15) is 0 Å². The fraction of sp³-hybridized carbons (Fsp3) is 0.935. The van der Waals surface area contributed by atoms with E-state index in [1.54, 1.807) is 4.90 Å². The number of aliphatic hydroxyl groups excluding tert-OH is 1. The molecule has 0 aliphatic heterocycles. The molecule has 0 spiro atoms. The van der Waals surface area contributed by atoms with Crippen LogP contribution in [-0.2, 0) is 9.59 Å². The van der Waals surface area contributed by atoms with Crippen molar-refractivity contribution in [3.05, 3.63) is 0 Å². The number of nitrogens with zero attached hydrogens (tertiary/aromatic N) is 1. The summed E-state index contributed by atoms with van der Waals surface area (Å²) >= 11 is 0. The minimum atomic E-state index is -0.111. The molecule has 35 heavy (non-hydrogen) atoms. The lowest BCUT2D eigenvalue weighted by Gasteiger charge is -2.62. The molecule has 200 valence electrons. The molecule has 0 radical (unpaired) electrons. The van der Waals surface area contributed by atoms with Gasteiger partial charge in [-0.25, -0.2) is 0 Å². The summed E-state index contributed by atoms with van der Waals surface area (Å²) in [7, 11) is 3.68. The fourth-order valence-corrected chi connectivity index (χ4v) is 9.28. The molecule has 4 aliphatic rings. The summed E-state index contributed by atoms with van der Waals surface area (Å²) < 4.78 is 0. The van der Waals surface area contributed by atoms with Crippen LogP contribution >= 0.6 is 0 Å².